The summed E-state index contributed by atoms with van der Waals surface area (Å²) >= 11 is 0. The summed E-state index contributed by atoms with van der Waals surface area (Å²) in [5, 5.41) is 3.41. The number of hydrogen-bond donors (Lipinski definition) is 1. The number of nitrogens with one attached hydrogen (secondary N) is 1. The van der Waals surface area contributed by atoms with Gasteiger partial charge in [0, 0.05) is 25.3 Å². The first-order valence-electron chi connectivity index (χ1n) is 5.39. The van der Waals surface area contributed by atoms with Gasteiger partial charge in [0.2, 0.25) is 0 Å². The van der Waals surface area contributed by atoms with E-state index in [1.165, 1.54) is 5.69 Å². The van der Waals surface area contributed by atoms with Gasteiger partial charge in [-0.25, -0.2) is 4.98 Å². The summed E-state index contributed by atoms with van der Waals surface area (Å²) in [6.07, 6.45) is 3.13. The summed E-state index contributed by atoms with van der Waals surface area (Å²) in [7, 11) is 0. The van der Waals surface area contributed by atoms with Crippen molar-refractivity contribution in [1.82, 2.24) is 14.9 Å². The van der Waals surface area contributed by atoms with Gasteiger partial charge in [0.1, 0.15) is 5.82 Å². The van der Waals surface area contributed by atoms with Crippen LogP contribution in [0.3, 0.4) is 0 Å². The minimum atomic E-state index is 0.528. The predicted octanol–water partition coefficient (Wildman–Crippen LogP) is 2.10. The van der Waals surface area contributed by atoms with Crippen LogP contribution in [0.25, 0.3) is 0 Å². The smallest absolute Gasteiger partial charge is 0.105 e. The van der Waals surface area contributed by atoms with Gasteiger partial charge in [0.15, 0.2) is 0 Å². The van der Waals surface area contributed by atoms with Crippen molar-refractivity contribution < 1.29 is 0 Å². The highest BCUT2D eigenvalue weighted by molar-refractivity contribution is 5.04. The van der Waals surface area contributed by atoms with Gasteiger partial charge in [0.25, 0.3) is 0 Å². The Kier molecular flexibility index (Phi) is 4.14. The average Bonchev–Trinajstić information content (AvgIpc) is 2.46. The fraction of sp³-hybridized carbons (Fsp3) is 0.727. The summed E-state index contributed by atoms with van der Waals surface area (Å²) in [6.45, 7) is 10.6. The Balaban J connectivity index is 2.65. The molecule has 0 radical (unpaired) electrons. The van der Waals surface area contributed by atoms with E-state index in [0.717, 1.165) is 25.3 Å². The highest BCUT2D eigenvalue weighted by atomic mass is 15.1. The Morgan fingerprint density at radius 1 is 1.50 bits per heavy atom. The molecular weight excluding hydrogens is 174 g/mol. The third kappa shape index (κ3) is 2.84. The predicted molar refractivity (Wildman–Crippen MR) is 59.2 cm³/mol. The molecule has 0 spiro atoms. The number of aromatic nitrogens is 2. The molecule has 0 saturated carbocycles. The van der Waals surface area contributed by atoms with E-state index in [9.17, 15) is 0 Å². The second-order valence-electron chi connectivity index (χ2n) is 3.98. The summed E-state index contributed by atoms with van der Waals surface area (Å²) in [6, 6.07) is 0.528. The molecule has 0 atom stereocenters. The first-order chi connectivity index (χ1) is 6.65. The molecule has 1 heterocycles. The van der Waals surface area contributed by atoms with Crippen LogP contribution in [0.4, 0.5) is 0 Å². The second kappa shape index (κ2) is 5.15. The summed E-state index contributed by atoms with van der Waals surface area (Å²) in [5.41, 5.74) is 1.29. The van der Waals surface area contributed by atoms with Crippen LogP contribution in [0.1, 0.15) is 38.7 Å². The van der Waals surface area contributed by atoms with Crippen LogP contribution < -0.4 is 5.32 Å². The van der Waals surface area contributed by atoms with Gasteiger partial charge in [0.05, 0.1) is 5.69 Å². The van der Waals surface area contributed by atoms with E-state index < -0.39 is 0 Å². The summed E-state index contributed by atoms with van der Waals surface area (Å²) in [5.74, 6) is 1.12. The van der Waals surface area contributed by atoms with E-state index in [1.54, 1.807) is 0 Å². The van der Waals surface area contributed by atoms with Crippen LogP contribution in [-0.2, 0) is 13.1 Å². The SMILES string of the molecule is CCCn1c(CNC(C)C)cnc1C. The zero-order chi connectivity index (χ0) is 10.6. The number of rotatable bonds is 5. The van der Waals surface area contributed by atoms with Crippen LogP contribution in [0, 0.1) is 6.92 Å². The van der Waals surface area contributed by atoms with Crippen LogP contribution in [0.2, 0.25) is 0 Å². The van der Waals surface area contributed by atoms with Crippen LogP contribution in [0.15, 0.2) is 6.20 Å². The molecule has 0 fully saturated rings. The molecule has 1 aromatic heterocycles. The number of hydrogen-bond acceptors (Lipinski definition) is 2. The maximum Gasteiger partial charge on any atom is 0.105 e. The molecule has 0 unspecified atom stereocenters. The van der Waals surface area contributed by atoms with Crippen molar-refractivity contribution in [2.45, 2.75) is 53.2 Å². The fourth-order valence-electron chi connectivity index (χ4n) is 1.49. The van der Waals surface area contributed by atoms with Crippen LogP contribution in [-0.4, -0.2) is 15.6 Å². The lowest BCUT2D eigenvalue weighted by atomic mass is 10.3. The van der Waals surface area contributed by atoms with Gasteiger partial charge in [-0.3, -0.25) is 0 Å². The molecule has 0 aliphatic rings. The van der Waals surface area contributed by atoms with Crippen LogP contribution >= 0.6 is 0 Å². The Bertz CT molecular complexity index is 276. The lowest BCUT2D eigenvalue weighted by Crippen LogP contribution is -2.23. The molecule has 1 N–H and O–H groups in total. The first-order valence-corrected chi connectivity index (χ1v) is 5.39. The molecule has 80 valence electrons. The van der Waals surface area contributed by atoms with E-state index in [4.69, 9.17) is 0 Å². The van der Waals surface area contributed by atoms with E-state index in [2.05, 4.69) is 42.6 Å². The van der Waals surface area contributed by atoms with Gasteiger partial charge in [-0.15, -0.1) is 0 Å². The number of aryl methyl sites for hydroxylation is 1. The van der Waals surface area contributed by atoms with Crippen molar-refractivity contribution in [3.05, 3.63) is 17.7 Å². The topological polar surface area (TPSA) is 29.9 Å². The third-order valence-corrected chi connectivity index (χ3v) is 2.28. The summed E-state index contributed by atoms with van der Waals surface area (Å²) < 4.78 is 2.29. The molecular formula is C11H21N3. The third-order valence-electron chi connectivity index (χ3n) is 2.28. The molecule has 0 bridgehead atoms. The van der Waals surface area contributed by atoms with Gasteiger partial charge in [-0.1, -0.05) is 20.8 Å². The standard InChI is InChI=1S/C11H21N3/c1-5-6-14-10(4)13-8-11(14)7-12-9(2)3/h8-9,12H,5-7H2,1-4H3. The minimum Gasteiger partial charge on any atom is -0.331 e. The summed E-state index contributed by atoms with van der Waals surface area (Å²) in [4.78, 5) is 4.34. The Morgan fingerprint density at radius 3 is 2.79 bits per heavy atom. The van der Waals surface area contributed by atoms with Gasteiger partial charge in [-0.05, 0) is 13.3 Å². The lowest BCUT2D eigenvalue weighted by Gasteiger charge is -2.11. The maximum absolute atomic E-state index is 4.34. The Labute approximate surface area is 86.5 Å². The number of nitrogens with zero attached hydrogens (tertiary/aromatic N) is 2. The molecule has 1 aromatic rings. The molecule has 0 amide bonds. The van der Waals surface area contributed by atoms with E-state index in [1.807, 2.05) is 6.20 Å². The maximum atomic E-state index is 4.34. The molecule has 1 rings (SSSR count). The van der Waals surface area contributed by atoms with Gasteiger partial charge in [-0.2, -0.15) is 0 Å². The van der Waals surface area contributed by atoms with Gasteiger partial charge < -0.3 is 9.88 Å². The van der Waals surface area contributed by atoms with Crippen LogP contribution in [0.5, 0.6) is 0 Å². The molecule has 0 saturated heterocycles. The quantitative estimate of drug-likeness (QED) is 0.779. The van der Waals surface area contributed by atoms with E-state index in [-0.39, 0.29) is 0 Å². The monoisotopic (exact) mass is 195 g/mol. The minimum absolute atomic E-state index is 0.528. The zero-order valence-corrected chi connectivity index (χ0v) is 9.67. The van der Waals surface area contributed by atoms with Crippen molar-refractivity contribution >= 4 is 0 Å². The van der Waals surface area contributed by atoms with E-state index >= 15 is 0 Å². The number of imidazole rings is 1. The van der Waals surface area contributed by atoms with E-state index in [0.29, 0.717) is 6.04 Å². The van der Waals surface area contributed by atoms with Crippen molar-refractivity contribution in [3.8, 4) is 0 Å². The van der Waals surface area contributed by atoms with Crippen molar-refractivity contribution in [2.24, 2.45) is 0 Å². The first kappa shape index (κ1) is 11.2. The Hall–Kier alpha value is -0.830. The average molecular weight is 195 g/mol. The highest BCUT2D eigenvalue weighted by Gasteiger charge is 2.05. The zero-order valence-electron chi connectivity index (χ0n) is 9.67. The van der Waals surface area contributed by atoms with Crippen molar-refractivity contribution in [3.63, 3.8) is 0 Å². The van der Waals surface area contributed by atoms with Gasteiger partial charge >= 0.3 is 0 Å². The lowest BCUT2D eigenvalue weighted by molar-refractivity contribution is 0.547. The second-order valence-corrected chi connectivity index (χ2v) is 3.98. The largest absolute Gasteiger partial charge is 0.331 e. The molecule has 0 aliphatic heterocycles. The highest BCUT2D eigenvalue weighted by Crippen LogP contribution is 2.05. The molecule has 3 heteroatoms. The van der Waals surface area contributed by atoms with Crippen molar-refractivity contribution in [1.29, 1.82) is 0 Å². The molecule has 0 aromatic carbocycles. The normalized spacial score (nSPS) is 11.2. The fourth-order valence-corrected chi connectivity index (χ4v) is 1.49. The molecule has 0 aliphatic carbocycles. The molecule has 14 heavy (non-hydrogen) atoms. The Morgan fingerprint density at radius 2 is 2.21 bits per heavy atom. The molecule has 3 nitrogen and oxygen atoms in total. The van der Waals surface area contributed by atoms with Crippen molar-refractivity contribution in [2.75, 3.05) is 0 Å².